The van der Waals surface area contributed by atoms with E-state index in [1.54, 1.807) is 54.6 Å². The van der Waals surface area contributed by atoms with Gasteiger partial charge in [0.1, 0.15) is 0 Å². The van der Waals surface area contributed by atoms with Crippen molar-refractivity contribution in [1.29, 1.82) is 0 Å². The summed E-state index contributed by atoms with van der Waals surface area (Å²) in [5, 5.41) is 0.0498. The Labute approximate surface area is 206 Å². The van der Waals surface area contributed by atoms with Crippen LogP contribution in [0.15, 0.2) is 71.4 Å². The van der Waals surface area contributed by atoms with Crippen LogP contribution in [0, 0.1) is 0 Å². The zero-order chi connectivity index (χ0) is 25.1. The van der Waals surface area contributed by atoms with E-state index in [2.05, 4.69) is 10.1 Å². The van der Waals surface area contributed by atoms with Gasteiger partial charge in [-0.25, -0.2) is 4.21 Å². The average molecular weight is 535 g/mol. The van der Waals surface area contributed by atoms with Gasteiger partial charge in [0.15, 0.2) is 5.06 Å². The fourth-order valence-electron chi connectivity index (χ4n) is 3.42. The van der Waals surface area contributed by atoms with E-state index in [4.69, 9.17) is 27.8 Å². The van der Waals surface area contributed by atoms with Gasteiger partial charge in [-0.2, -0.15) is 0 Å². The molecule has 0 spiro atoms. The first kappa shape index (κ1) is 26.2. The molecule has 1 aliphatic carbocycles. The van der Waals surface area contributed by atoms with Crippen molar-refractivity contribution in [3.63, 3.8) is 0 Å². The number of nitrogens with zero attached hydrogens (tertiary/aromatic N) is 1. The van der Waals surface area contributed by atoms with Gasteiger partial charge in [-0.15, -0.1) is 13.2 Å². The standard InChI is InChI=1S/C22H19Cl2F3N2O4S/c1-29(34(31)32)17-9-7-14(8-10-17)11-19(30)28-16-12-18(23)20(15-5-3-2-4-6-15)21(24,13-16)33-22(25,26)27/h2-10,12H,11,13H2,1H3,(H,28,30)(H,31,32). The minimum atomic E-state index is -5.06. The van der Waals surface area contributed by atoms with Gasteiger partial charge >= 0.3 is 6.36 Å². The van der Waals surface area contributed by atoms with Crippen LogP contribution in [0.4, 0.5) is 18.9 Å². The van der Waals surface area contributed by atoms with Crippen LogP contribution in [-0.2, 0) is 27.2 Å². The van der Waals surface area contributed by atoms with Crippen molar-refractivity contribution in [3.05, 3.63) is 82.5 Å². The monoisotopic (exact) mass is 534 g/mol. The quantitative estimate of drug-likeness (QED) is 0.371. The molecule has 0 fully saturated rings. The molecule has 2 N–H and O–H groups in total. The van der Waals surface area contributed by atoms with Crippen molar-refractivity contribution in [3.8, 4) is 0 Å². The zero-order valence-corrected chi connectivity index (χ0v) is 19.9. The number of hydrogen-bond acceptors (Lipinski definition) is 3. The first-order valence-electron chi connectivity index (χ1n) is 9.73. The maximum atomic E-state index is 13.2. The number of rotatable bonds is 7. The molecule has 1 amide bonds. The lowest BCUT2D eigenvalue weighted by Gasteiger charge is -2.35. The molecule has 2 aromatic carbocycles. The number of amides is 1. The highest BCUT2D eigenvalue weighted by Crippen LogP contribution is 2.48. The lowest BCUT2D eigenvalue weighted by Crippen LogP contribution is -2.39. The second kappa shape index (κ2) is 10.5. The minimum absolute atomic E-state index is 0.0564. The number of carbonyl (C=O) groups excluding carboxylic acids is 1. The number of hydrogen-bond donors (Lipinski definition) is 2. The molecule has 0 saturated carbocycles. The third-order valence-corrected chi connectivity index (χ3v) is 6.25. The predicted octanol–water partition coefficient (Wildman–Crippen LogP) is 5.33. The average Bonchev–Trinajstić information content (AvgIpc) is 2.72. The van der Waals surface area contributed by atoms with Crippen LogP contribution in [-0.4, -0.2) is 33.1 Å². The largest absolute Gasteiger partial charge is 0.524 e. The molecule has 0 aromatic heterocycles. The zero-order valence-electron chi connectivity index (χ0n) is 17.6. The smallest absolute Gasteiger partial charge is 0.329 e. The molecule has 0 aliphatic heterocycles. The number of allylic oxidation sites excluding steroid dienone is 2. The van der Waals surface area contributed by atoms with Crippen LogP contribution in [0.3, 0.4) is 0 Å². The molecule has 34 heavy (non-hydrogen) atoms. The van der Waals surface area contributed by atoms with Crippen molar-refractivity contribution in [2.45, 2.75) is 24.3 Å². The molecule has 2 aromatic rings. The van der Waals surface area contributed by atoms with Gasteiger partial charge in [0.2, 0.25) is 5.91 Å². The molecule has 6 nitrogen and oxygen atoms in total. The van der Waals surface area contributed by atoms with Gasteiger partial charge in [-0.1, -0.05) is 65.7 Å². The first-order chi connectivity index (χ1) is 15.9. The lowest BCUT2D eigenvalue weighted by molar-refractivity contribution is -0.342. The molecule has 0 saturated heterocycles. The third-order valence-electron chi connectivity index (χ3n) is 4.87. The second-order valence-corrected chi connectivity index (χ2v) is 9.36. The molecular weight excluding hydrogens is 516 g/mol. The molecule has 0 heterocycles. The number of nitrogens with one attached hydrogen (secondary N) is 1. The Morgan fingerprint density at radius 2 is 1.82 bits per heavy atom. The Bertz CT molecular complexity index is 1140. The minimum Gasteiger partial charge on any atom is -0.329 e. The van der Waals surface area contributed by atoms with E-state index in [-0.39, 0.29) is 22.7 Å². The summed E-state index contributed by atoms with van der Waals surface area (Å²) >= 11 is 10.5. The maximum absolute atomic E-state index is 13.2. The summed E-state index contributed by atoms with van der Waals surface area (Å²) in [5.74, 6) is -0.517. The summed E-state index contributed by atoms with van der Waals surface area (Å²) in [4.78, 5) is 12.5. The van der Waals surface area contributed by atoms with E-state index in [0.29, 0.717) is 16.8 Å². The van der Waals surface area contributed by atoms with E-state index < -0.39 is 35.0 Å². The molecule has 182 valence electrons. The lowest BCUT2D eigenvalue weighted by atomic mass is 9.92. The summed E-state index contributed by atoms with van der Waals surface area (Å²) in [5.41, 5.74) is 1.38. The highest BCUT2D eigenvalue weighted by molar-refractivity contribution is 7.80. The van der Waals surface area contributed by atoms with Gasteiger partial charge < -0.3 is 5.32 Å². The Morgan fingerprint density at radius 3 is 2.38 bits per heavy atom. The van der Waals surface area contributed by atoms with Gasteiger partial charge in [0.25, 0.3) is 11.3 Å². The van der Waals surface area contributed by atoms with E-state index >= 15 is 0 Å². The normalized spacial score (nSPS) is 19.4. The number of benzene rings is 2. The third kappa shape index (κ3) is 6.61. The van der Waals surface area contributed by atoms with Crippen LogP contribution in [0.5, 0.6) is 0 Å². The van der Waals surface area contributed by atoms with Crippen LogP contribution in [0.1, 0.15) is 17.5 Å². The van der Waals surface area contributed by atoms with Crippen LogP contribution < -0.4 is 9.62 Å². The Balaban J connectivity index is 1.81. The van der Waals surface area contributed by atoms with Crippen LogP contribution in [0.25, 0.3) is 5.57 Å². The maximum Gasteiger partial charge on any atom is 0.524 e. The summed E-state index contributed by atoms with van der Waals surface area (Å²) in [6.07, 6.45) is -4.31. The van der Waals surface area contributed by atoms with E-state index in [9.17, 15) is 22.2 Å². The molecule has 1 aliphatic rings. The number of halogens is 5. The molecule has 2 unspecified atom stereocenters. The SMILES string of the molecule is CN(c1ccc(CC(=O)NC2=CC(Cl)=C(c3ccccc3)C(Cl)(OC(F)(F)F)C2)cc1)S(=O)O. The summed E-state index contributed by atoms with van der Waals surface area (Å²) in [7, 11) is 1.43. The van der Waals surface area contributed by atoms with Crippen LogP contribution in [0.2, 0.25) is 0 Å². The number of carbonyl (C=O) groups is 1. The fraction of sp³-hybridized carbons (Fsp3) is 0.227. The van der Waals surface area contributed by atoms with Crippen molar-refractivity contribution in [2.75, 3.05) is 11.4 Å². The Hall–Kier alpha value is -2.37. The molecule has 3 rings (SSSR count). The van der Waals surface area contributed by atoms with E-state index in [1.807, 2.05) is 0 Å². The highest BCUT2D eigenvalue weighted by atomic mass is 35.5. The molecule has 12 heteroatoms. The van der Waals surface area contributed by atoms with Crippen LogP contribution >= 0.6 is 23.2 Å². The first-order valence-corrected chi connectivity index (χ1v) is 11.6. The fourth-order valence-corrected chi connectivity index (χ4v) is 4.61. The number of ether oxygens (including phenoxy) is 1. The molecular formula is C22H19Cl2F3N2O4S. The Kier molecular flexibility index (Phi) is 8.10. The van der Waals surface area contributed by atoms with Gasteiger partial charge in [-0.05, 0) is 29.3 Å². The highest BCUT2D eigenvalue weighted by Gasteiger charge is 2.48. The topological polar surface area (TPSA) is 78.9 Å². The Morgan fingerprint density at radius 1 is 1.21 bits per heavy atom. The van der Waals surface area contributed by atoms with Gasteiger partial charge in [0, 0.05) is 24.7 Å². The molecule has 0 radical (unpaired) electrons. The summed E-state index contributed by atoms with van der Waals surface area (Å²) in [6, 6.07) is 14.3. The second-order valence-electron chi connectivity index (χ2n) is 7.33. The summed E-state index contributed by atoms with van der Waals surface area (Å²) in [6.45, 7) is 0. The van der Waals surface area contributed by atoms with Gasteiger partial charge in [-0.3, -0.25) is 18.4 Å². The van der Waals surface area contributed by atoms with Gasteiger partial charge in [0.05, 0.1) is 17.1 Å². The van der Waals surface area contributed by atoms with Crippen molar-refractivity contribution in [1.82, 2.24) is 5.32 Å². The van der Waals surface area contributed by atoms with Crippen molar-refractivity contribution >= 4 is 51.6 Å². The van der Waals surface area contributed by atoms with E-state index in [1.165, 1.54) is 13.1 Å². The van der Waals surface area contributed by atoms with Crippen molar-refractivity contribution in [2.24, 2.45) is 0 Å². The number of anilines is 1. The van der Waals surface area contributed by atoms with E-state index in [0.717, 1.165) is 4.31 Å². The molecule has 0 bridgehead atoms. The number of alkyl halides is 4. The van der Waals surface area contributed by atoms with Crippen molar-refractivity contribution < 1.29 is 31.5 Å². The summed E-state index contributed by atoms with van der Waals surface area (Å²) < 4.78 is 65.2. The predicted molar refractivity (Wildman–Crippen MR) is 125 cm³/mol. The molecule has 2 atom stereocenters.